The number of likely N-dealkylation sites (tertiary alicyclic amines) is 1. The molecule has 0 aliphatic carbocycles. The number of benzene rings is 2. The third-order valence-electron chi connectivity index (χ3n) is 5.05. The van der Waals surface area contributed by atoms with E-state index in [1.165, 1.54) is 17.0 Å². The summed E-state index contributed by atoms with van der Waals surface area (Å²) in [7, 11) is 0. The van der Waals surface area contributed by atoms with E-state index in [2.05, 4.69) is 0 Å². The number of carboxylic acid groups (broad SMARTS) is 1. The van der Waals surface area contributed by atoms with Crippen LogP contribution in [0.1, 0.15) is 17.9 Å². The van der Waals surface area contributed by atoms with E-state index in [-0.39, 0.29) is 17.7 Å². The van der Waals surface area contributed by atoms with Gasteiger partial charge in [0.05, 0.1) is 6.61 Å². The SMILES string of the molecule is O=C(O)N1C[C@@H]2CCOc3c(-c4ccc(F)cc4)cccc3[C@H]2C1. The van der Waals surface area contributed by atoms with Gasteiger partial charge in [-0.1, -0.05) is 30.3 Å². The summed E-state index contributed by atoms with van der Waals surface area (Å²) in [4.78, 5) is 12.8. The fourth-order valence-corrected chi connectivity index (χ4v) is 3.85. The van der Waals surface area contributed by atoms with Crippen molar-refractivity contribution in [1.29, 1.82) is 0 Å². The molecule has 0 spiro atoms. The first-order chi connectivity index (χ1) is 11.6. The quantitative estimate of drug-likeness (QED) is 0.862. The number of halogens is 1. The van der Waals surface area contributed by atoms with Crippen molar-refractivity contribution in [2.45, 2.75) is 12.3 Å². The molecule has 2 aromatic carbocycles. The molecule has 124 valence electrons. The highest BCUT2D eigenvalue weighted by Crippen LogP contribution is 2.45. The Balaban J connectivity index is 1.77. The second kappa shape index (κ2) is 5.82. The van der Waals surface area contributed by atoms with Crippen molar-refractivity contribution >= 4 is 6.09 Å². The number of amides is 1. The van der Waals surface area contributed by atoms with Crippen LogP contribution in [0.5, 0.6) is 5.75 Å². The number of nitrogens with zero attached hydrogens (tertiary/aromatic N) is 1. The predicted octanol–water partition coefficient (Wildman–Crippen LogP) is 3.97. The van der Waals surface area contributed by atoms with Crippen molar-refractivity contribution in [2.75, 3.05) is 19.7 Å². The van der Waals surface area contributed by atoms with Gasteiger partial charge in [0.1, 0.15) is 11.6 Å². The number of carbonyl (C=O) groups is 1. The lowest BCUT2D eigenvalue weighted by Gasteiger charge is -2.18. The topological polar surface area (TPSA) is 49.8 Å². The first-order valence-corrected chi connectivity index (χ1v) is 8.13. The molecule has 2 heterocycles. The second-order valence-corrected chi connectivity index (χ2v) is 6.42. The average Bonchev–Trinajstić information content (AvgIpc) is 2.92. The van der Waals surface area contributed by atoms with Gasteiger partial charge in [0.25, 0.3) is 0 Å². The summed E-state index contributed by atoms with van der Waals surface area (Å²) in [5.41, 5.74) is 2.89. The predicted molar refractivity (Wildman–Crippen MR) is 87.8 cm³/mol. The lowest BCUT2D eigenvalue weighted by atomic mass is 9.86. The van der Waals surface area contributed by atoms with Gasteiger partial charge in [0, 0.05) is 24.6 Å². The van der Waals surface area contributed by atoms with Gasteiger partial charge in [0.15, 0.2) is 0 Å². The molecule has 0 unspecified atom stereocenters. The molecule has 1 fully saturated rings. The third kappa shape index (κ3) is 2.50. The smallest absolute Gasteiger partial charge is 0.407 e. The molecule has 2 atom stereocenters. The monoisotopic (exact) mass is 327 g/mol. The lowest BCUT2D eigenvalue weighted by Crippen LogP contribution is -2.27. The number of hydrogen-bond acceptors (Lipinski definition) is 2. The molecule has 1 saturated heterocycles. The van der Waals surface area contributed by atoms with Crippen molar-refractivity contribution < 1.29 is 19.0 Å². The Hall–Kier alpha value is -2.56. The van der Waals surface area contributed by atoms with Crippen LogP contribution >= 0.6 is 0 Å². The highest BCUT2D eigenvalue weighted by molar-refractivity contribution is 5.73. The molecular formula is C19H18FNO3. The summed E-state index contributed by atoms with van der Waals surface area (Å²) in [6, 6.07) is 12.3. The van der Waals surface area contributed by atoms with Crippen LogP contribution in [-0.2, 0) is 0 Å². The Kier molecular flexibility index (Phi) is 3.63. The van der Waals surface area contributed by atoms with E-state index >= 15 is 0 Å². The highest BCUT2D eigenvalue weighted by atomic mass is 19.1. The van der Waals surface area contributed by atoms with Crippen molar-refractivity contribution in [3.8, 4) is 16.9 Å². The Labute approximate surface area is 139 Å². The zero-order chi connectivity index (χ0) is 16.7. The normalized spacial score (nSPS) is 22.3. The third-order valence-corrected chi connectivity index (χ3v) is 5.05. The minimum absolute atomic E-state index is 0.152. The molecule has 0 saturated carbocycles. The fraction of sp³-hybridized carbons (Fsp3) is 0.316. The van der Waals surface area contributed by atoms with Crippen LogP contribution in [0.4, 0.5) is 9.18 Å². The zero-order valence-corrected chi connectivity index (χ0v) is 13.1. The summed E-state index contributed by atoms with van der Waals surface area (Å²) in [6.07, 6.45) is -0.0216. The summed E-state index contributed by atoms with van der Waals surface area (Å²) in [5.74, 6) is 0.975. The molecule has 1 N–H and O–H groups in total. The maximum atomic E-state index is 13.2. The van der Waals surface area contributed by atoms with E-state index in [9.17, 15) is 14.3 Å². The molecule has 2 aliphatic heterocycles. The van der Waals surface area contributed by atoms with Gasteiger partial charge in [-0.15, -0.1) is 0 Å². The molecule has 5 heteroatoms. The molecule has 2 aliphatic rings. The zero-order valence-electron chi connectivity index (χ0n) is 13.1. The molecule has 0 bridgehead atoms. The number of para-hydroxylation sites is 1. The van der Waals surface area contributed by atoms with Gasteiger partial charge in [-0.3, -0.25) is 0 Å². The number of ether oxygens (including phenoxy) is 1. The summed E-state index contributed by atoms with van der Waals surface area (Å²) in [6.45, 7) is 1.63. The first-order valence-electron chi connectivity index (χ1n) is 8.13. The van der Waals surface area contributed by atoms with Crippen LogP contribution in [0, 0.1) is 11.7 Å². The van der Waals surface area contributed by atoms with Crippen LogP contribution in [0.15, 0.2) is 42.5 Å². The van der Waals surface area contributed by atoms with E-state index < -0.39 is 6.09 Å². The molecule has 1 amide bonds. The molecule has 4 rings (SSSR count). The number of fused-ring (bicyclic) bond motifs is 3. The van der Waals surface area contributed by atoms with E-state index in [0.29, 0.717) is 19.7 Å². The lowest BCUT2D eigenvalue weighted by molar-refractivity contribution is 0.152. The van der Waals surface area contributed by atoms with Crippen molar-refractivity contribution in [1.82, 2.24) is 4.90 Å². The average molecular weight is 327 g/mol. The molecule has 0 aromatic heterocycles. The Morgan fingerprint density at radius 1 is 1.17 bits per heavy atom. The Morgan fingerprint density at radius 3 is 2.71 bits per heavy atom. The van der Waals surface area contributed by atoms with Crippen molar-refractivity contribution in [3.05, 3.63) is 53.8 Å². The van der Waals surface area contributed by atoms with Crippen molar-refractivity contribution in [2.24, 2.45) is 5.92 Å². The highest BCUT2D eigenvalue weighted by Gasteiger charge is 2.39. The van der Waals surface area contributed by atoms with Crippen LogP contribution in [0.3, 0.4) is 0 Å². The minimum atomic E-state index is -0.861. The minimum Gasteiger partial charge on any atom is -0.493 e. The molecular weight excluding hydrogens is 309 g/mol. The maximum absolute atomic E-state index is 13.2. The van der Waals surface area contributed by atoms with Gasteiger partial charge in [0.2, 0.25) is 0 Å². The van der Waals surface area contributed by atoms with Crippen LogP contribution in [-0.4, -0.2) is 35.8 Å². The van der Waals surface area contributed by atoms with Gasteiger partial charge >= 0.3 is 6.09 Å². The van der Waals surface area contributed by atoms with Crippen LogP contribution in [0.25, 0.3) is 11.1 Å². The van der Waals surface area contributed by atoms with Gasteiger partial charge in [-0.05, 0) is 35.6 Å². The number of rotatable bonds is 1. The molecule has 24 heavy (non-hydrogen) atoms. The molecule has 2 aromatic rings. The molecule has 4 nitrogen and oxygen atoms in total. The maximum Gasteiger partial charge on any atom is 0.407 e. The van der Waals surface area contributed by atoms with Crippen molar-refractivity contribution in [3.63, 3.8) is 0 Å². The largest absolute Gasteiger partial charge is 0.493 e. The van der Waals surface area contributed by atoms with E-state index in [0.717, 1.165) is 28.9 Å². The summed E-state index contributed by atoms with van der Waals surface area (Å²) < 4.78 is 19.2. The first kappa shape index (κ1) is 15.0. The van der Waals surface area contributed by atoms with Gasteiger partial charge in [-0.2, -0.15) is 0 Å². The summed E-state index contributed by atoms with van der Waals surface area (Å²) in [5, 5.41) is 9.30. The fourth-order valence-electron chi connectivity index (χ4n) is 3.85. The molecule has 0 radical (unpaired) electrons. The van der Waals surface area contributed by atoms with Gasteiger partial charge in [-0.25, -0.2) is 9.18 Å². The van der Waals surface area contributed by atoms with E-state index in [4.69, 9.17) is 4.74 Å². The van der Waals surface area contributed by atoms with Gasteiger partial charge < -0.3 is 14.7 Å². The number of hydrogen-bond donors (Lipinski definition) is 1. The van der Waals surface area contributed by atoms with E-state index in [1.54, 1.807) is 12.1 Å². The Bertz CT molecular complexity index is 775. The standard InChI is InChI=1S/C19H18FNO3/c20-14-6-4-12(5-7-14)15-2-1-3-16-17-11-21(19(22)23)10-13(17)8-9-24-18(15)16/h1-7,13,17H,8-11H2,(H,22,23)/t13-,17-/m0/s1. The Morgan fingerprint density at radius 2 is 1.96 bits per heavy atom. The van der Waals surface area contributed by atoms with E-state index in [1.807, 2.05) is 18.2 Å². The summed E-state index contributed by atoms with van der Waals surface area (Å²) >= 11 is 0. The van der Waals surface area contributed by atoms with Crippen LogP contribution < -0.4 is 4.74 Å². The second-order valence-electron chi connectivity index (χ2n) is 6.42. The van der Waals surface area contributed by atoms with Crippen LogP contribution in [0.2, 0.25) is 0 Å².